The van der Waals surface area contributed by atoms with Gasteiger partial charge in [0.15, 0.2) is 0 Å². The predicted molar refractivity (Wildman–Crippen MR) is 71.8 cm³/mol. The number of halogens is 3. The number of nitrogens with zero attached hydrogens (tertiary/aromatic N) is 2. The van der Waals surface area contributed by atoms with E-state index in [1.54, 1.807) is 0 Å². The number of carbonyl (C=O) groups is 1. The van der Waals surface area contributed by atoms with Gasteiger partial charge in [-0.2, -0.15) is 13.2 Å². The van der Waals surface area contributed by atoms with Crippen LogP contribution in [0.2, 0.25) is 0 Å². The minimum Gasteiger partial charge on any atom is -0.393 e. The Labute approximate surface area is 116 Å². The van der Waals surface area contributed by atoms with Crippen LogP contribution in [-0.2, 0) is 4.79 Å². The van der Waals surface area contributed by atoms with Crippen LogP contribution in [0.3, 0.4) is 0 Å². The first-order valence-electron chi connectivity index (χ1n) is 6.09. The second kappa shape index (κ2) is 8.31. The van der Waals surface area contributed by atoms with Gasteiger partial charge in [0.2, 0.25) is 0 Å². The lowest BCUT2D eigenvalue weighted by Gasteiger charge is -2.27. The van der Waals surface area contributed by atoms with E-state index >= 15 is 0 Å². The molecule has 112 valence electrons. The summed E-state index contributed by atoms with van der Waals surface area (Å²) in [5.41, 5.74) is 5.26. The Hall–Kier alpha value is -0.890. The standard InChI is InChI=1S/C11H20F3N3OS/c1-3-16(4-2)7-8-17(6-5-9(15)19)10(18)11(12,13)14/h3-8H2,1-2H3,(H2,15,19). The van der Waals surface area contributed by atoms with Crippen LogP contribution in [0, 0.1) is 0 Å². The zero-order chi connectivity index (χ0) is 15.1. The van der Waals surface area contributed by atoms with Crippen molar-refractivity contribution in [1.82, 2.24) is 9.80 Å². The maximum absolute atomic E-state index is 12.4. The van der Waals surface area contributed by atoms with Gasteiger partial charge in [0.05, 0.1) is 4.99 Å². The van der Waals surface area contributed by atoms with Gasteiger partial charge in [-0.3, -0.25) is 4.79 Å². The number of nitrogens with two attached hydrogens (primary N) is 1. The maximum atomic E-state index is 12.4. The molecule has 0 aromatic carbocycles. The molecule has 0 aliphatic heterocycles. The van der Waals surface area contributed by atoms with Crippen molar-refractivity contribution in [3.63, 3.8) is 0 Å². The van der Waals surface area contributed by atoms with E-state index in [0.29, 0.717) is 6.54 Å². The van der Waals surface area contributed by atoms with Crippen molar-refractivity contribution >= 4 is 23.1 Å². The van der Waals surface area contributed by atoms with Crippen LogP contribution < -0.4 is 5.73 Å². The molecular weight excluding hydrogens is 279 g/mol. The number of carbonyl (C=O) groups excluding carboxylic acids is 1. The van der Waals surface area contributed by atoms with Gasteiger partial charge in [-0.1, -0.05) is 26.1 Å². The Kier molecular flexibility index (Phi) is 7.93. The quantitative estimate of drug-likeness (QED) is 0.688. The second-order valence-electron chi connectivity index (χ2n) is 4.03. The minimum atomic E-state index is -4.86. The second-order valence-corrected chi connectivity index (χ2v) is 4.56. The zero-order valence-corrected chi connectivity index (χ0v) is 12.0. The molecule has 0 saturated carbocycles. The van der Waals surface area contributed by atoms with Crippen LogP contribution in [0.1, 0.15) is 20.3 Å². The van der Waals surface area contributed by atoms with Crippen molar-refractivity contribution in [2.75, 3.05) is 32.7 Å². The Morgan fingerprint density at radius 2 is 1.68 bits per heavy atom. The summed E-state index contributed by atoms with van der Waals surface area (Å²) in [5.74, 6) is -1.84. The Bertz CT molecular complexity index is 306. The van der Waals surface area contributed by atoms with Crippen LogP contribution in [0.25, 0.3) is 0 Å². The number of amides is 1. The van der Waals surface area contributed by atoms with E-state index in [4.69, 9.17) is 5.73 Å². The molecule has 0 saturated heterocycles. The van der Waals surface area contributed by atoms with Crippen molar-refractivity contribution in [3.05, 3.63) is 0 Å². The van der Waals surface area contributed by atoms with E-state index in [0.717, 1.165) is 18.0 Å². The molecule has 1 amide bonds. The third kappa shape index (κ3) is 7.31. The lowest BCUT2D eigenvalue weighted by atomic mass is 10.3. The highest BCUT2D eigenvalue weighted by Crippen LogP contribution is 2.18. The fourth-order valence-corrected chi connectivity index (χ4v) is 1.63. The topological polar surface area (TPSA) is 49.6 Å². The number of alkyl halides is 3. The first-order chi connectivity index (χ1) is 8.72. The summed E-state index contributed by atoms with van der Waals surface area (Å²) >= 11 is 4.62. The Morgan fingerprint density at radius 1 is 1.16 bits per heavy atom. The van der Waals surface area contributed by atoms with E-state index in [1.165, 1.54) is 0 Å². The molecule has 0 aliphatic carbocycles. The maximum Gasteiger partial charge on any atom is 0.471 e. The van der Waals surface area contributed by atoms with E-state index in [9.17, 15) is 18.0 Å². The lowest BCUT2D eigenvalue weighted by Crippen LogP contribution is -2.45. The molecular formula is C11H20F3N3OS. The summed E-state index contributed by atoms with van der Waals surface area (Å²) < 4.78 is 37.3. The zero-order valence-electron chi connectivity index (χ0n) is 11.2. The molecule has 0 atom stereocenters. The number of rotatable bonds is 8. The third-order valence-electron chi connectivity index (χ3n) is 2.74. The van der Waals surface area contributed by atoms with Gasteiger partial charge < -0.3 is 15.5 Å². The van der Waals surface area contributed by atoms with Crippen LogP contribution in [0.5, 0.6) is 0 Å². The van der Waals surface area contributed by atoms with E-state index < -0.39 is 12.1 Å². The van der Waals surface area contributed by atoms with Crippen LogP contribution in [0.4, 0.5) is 13.2 Å². The average Bonchev–Trinajstić information content (AvgIpc) is 2.31. The predicted octanol–water partition coefficient (Wildman–Crippen LogP) is 1.40. The highest BCUT2D eigenvalue weighted by atomic mass is 32.1. The number of likely N-dealkylation sites (N-methyl/N-ethyl adjacent to an activating group) is 1. The Balaban J connectivity index is 4.58. The van der Waals surface area contributed by atoms with E-state index in [1.807, 2.05) is 18.7 Å². The molecule has 4 nitrogen and oxygen atoms in total. The first kappa shape index (κ1) is 18.1. The lowest BCUT2D eigenvalue weighted by molar-refractivity contribution is -0.185. The minimum absolute atomic E-state index is 0.0165. The van der Waals surface area contributed by atoms with Gasteiger partial charge in [-0.05, 0) is 13.1 Å². The summed E-state index contributed by atoms with van der Waals surface area (Å²) in [5, 5.41) is 0. The van der Waals surface area contributed by atoms with Crippen LogP contribution in [-0.4, -0.2) is 59.6 Å². The summed E-state index contributed by atoms with van der Waals surface area (Å²) in [6.07, 6.45) is -4.77. The molecule has 0 spiro atoms. The van der Waals surface area contributed by atoms with Gasteiger partial charge >= 0.3 is 12.1 Å². The molecule has 0 aliphatic rings. The van der Waals surface area contributed by atoms with Gasteiger partial charge in [0.1, 0.15) is 0 Å². The van der Waals surface area contributed by atoms with Crippen LogP contribution >= 0.6 is 12.2 Å². The summed E-state index contributed by atoms with van der Waals surface area (Å²) in [6.45, 7) is 5.58. The summed E-state index contributed by atoms with van der Waals surface area (Å²) in [6, 6.07) is 0. The highest BCUT2D eigenvalue weighted by molar-refractivity contribution is 7.80. The largest absolute Gasteiger partial charge is 0.471 e. The first-order valence-corrected chi connectivity index (χ1v) is 6.49. The van der Waals surface area contributed by atoms with Crippen molar-refractivity contribution in [2.24, 2.45) is 5.73 Å². The molecule has 0 unspecified atom stereocenters. The van der Waals surface area contributed by atoms with Crippen molar-refractivity contribution in [1.29, 1.82) is 0 Å². The fraction of sp³-hybridized carbons (Fsp3) is 0.818. The monoisotopic (exact) mass is 299 g/mol. The normalized spacial score (nSPS) is 11.7. The van der Waals surface area contributed by atoms with Gasteiger partial charge in [0, 0.05) is 26.1 Å². The van der Waals surface area contributed by atoms with E-state index in [-0.39, 0.29) is 24.5 Å². The summed E-state index contributed by atoms with van der Waals surface area (Å²) in [4.78, 5) is 14.1. The van der Waals surface area contributed by atoms with Gasteiger partial charge in [-0.15, -0.1) is 0 Å². The number of hydrogen-bond acceptors (Lipinski definition) is 3. The van der Waals surface area contributed by atoms with Crippen molar-refractivity contribution < 1.29 is 18.0 Å². The van der Waals surface area contributed by atoms with Crippen molar-refractivity contribution in [2.45, 2.75) is 26.4 Å². The number of thiocarbonyl (C=S) groups is 1. The van der Waals surface area contributed by atoms with Crippen LogP contribution in [0.15, 0.2) is 0 Å². The number of hydrogen-bond donors (Lipinski definition) is 1. The molecule has 0 radical (unpaired) electrons. The molecule has 8 heteroatoms. The fourth-order valence-electron chi connectivity index (χ4n) is 1.54. The molecule has 19 heavy (non-hydrogen) atoms. The molecule has 0 heterocycles. The highest BCUT2D eigenvalue weighted by Gasteiger charge is 2.42. The van der Waals surface area contributed by atoms with Gasteiger partial charge in [-0.25, -0.2) is 0 Å². The SMILES string of the molecule is CCN(CC)CCN(CCC(N)=S)C(=O)C(F)(F)F. The molecule has 0 aromatic heterocycles. The molecule has 0 fully saturated rings. The molecule has 2 N–H and O–H groups in total. The van der Waals surface area contributed by atoms with E-state index in [2.05, 4.69) is 12.2 Å². The molecule has 0 bridgehead atoms. The van der Waals surface area contributed by atoms with Crippen molar-refractivity contribution in [3.8, 4) is 0 Å². The summed E-state index contributed by atoms with van der Waals surface area (Å²) in [7, 11) is 0. The molecule has 0 aromatic rings. The molecule has 0 rings (SSSR count). The Morgan fingerprint density at radius 3 is 2.05 bits per heavy atom. The van der Waals surface area contributed by atoms with Gasteiger partial charge in [0.25, 0.3) is 0 Å². The third-order valence-corrected chi connectivity index (χ3v) is 2.94. The smallest absolute Gasteiger partial charge is 0.393 e. The average molecular weight is 299 g/mol.